The van der Waals surface area contributed by atoms with Crippen molar-refractivity contribution in [3.63, 3.8) is 0 Å². The average Bonchev–Trinajstić information content (AvgIpc) is 2.94. The van der Waals surface area contributed by atoms with Gasteiger partial charge >= 0.3 is 0 Å². The van der Waals surface area contributed by atoms with Crippen LogP contribution in [0, 0.1) is 20.8 Å². The summed E-state index contributed by atoms with van der Waals surface area (Å²) in [4.78, 5) is 17.1. The van der Waals surface area contributed by atoms with Gasteiger partial charge in [0.05, 0.1) is 23.8 Å². The van der Waals surface area contributed by atoms with Crippen molar-refractivity contribution in [2.45, 2.75) is 40.3 Å². The van der Waals surface area contributed by atoms with Crippen LogP contribution in [0.3, 0.4) is 0 Å². The van der Waals surface area contributed by atoms with Gasteiger partial charge in [-0.3, -0.25) is 9.78 Å². The Balaban J connectivity index is 1.80. The van der Waals surface area contributed by atoms with E-state index >= 15 is 0 Å². The molecule has 0 bridgehead atoms. The number of nitrogens with zero attached hydrogens (tertiary/aromatic N) is 2. The minimum Gasteiger partial charge on any atom is -0.346 e. The highest BCUT2D eigenvalue weighted by Crippen LogP contribution is 2.25. The second-order valence-corrected chi connectivity index (χ2v) is 6.69. The monoisotopic (exact) mass is 347 g/mol. The summed E-state index contributed by atoms with van der Waals surface area (Å²) in [6.07, 6.45) is 0. The first-order chi connectivity index (χ1) is 12.5. The molecule has 1 unspecified atom stereocenters. The molecule has 4 nitrogen and oxygen atoms in total. The van der Waals surface area contributed by atoms with Gasteiger partial charge in [0.2, 0.25) is 0 Å². The second-order valence-electron chi connectivity index (χ2n) is 6.69. The summed E-state index contributed by atoms with van der Waals surface area (Å²) in [5.41, 5.74) is 5.82. The molecular formula is C22H25N3O. The van der Waals surface area contributed by atoms with Crippen molar-refractivity contribution in [3.05, 3.63) is 88.5 Å². The molecule has 0 radical (unpaired) electrons. The zero-order valence-corrected chi connectivity index (χ0v) is 15.8. The van der Waals surface area contributed by atoms with E-state index in [1.807, 2.05) is 63.2 Å². The fourth-order valence-electron chi connectivity index (χ4n) is 3.45. The maximum absolute atomic E-state index is 12.7. The third-order valence-corrected chi connectivity index (χ3v) is 4.77. The van der Waals surface area contributed by atoms with Gasteiger partial charge in [-0.2, -0.15) is 0 Å². The SMILES string of the molecule is Cc1cccc(CNC(=O)c2cc(C)n(C(C)c3ccccc3)c2C)n1. The number of pyridine rings is 1. The van der Waals surface area contributed by atoms with E-state index in [2.05, 4.69) is 33.9 Å². The van der Waals surface area contributed by atoms with Gasteiger partial charge < -0.3 is 9.88 Å². The first kappa shape index (κ1) is 17.9. The molecule has 0 aliphatic carbocycles. The Morgan fingerprint density at radius 2 is 1.81 bits per heavy atom. The zero-order chi connectivity index (χ0) is 18.7. The number of aryl methyl sites for hydroxylation is 2. The van der Waals surface area contributed by atoms with E-state index in [1.165, 1.54) is 5.56 Å². The van der Waals surface area contributed by atoms with E-state index in [4.69, 9.17) is 0 Å². The van der Waals surface area contributed by atoms with Crippen molar-refractivity contribution >= 4 is 5.91 Å². The Morgan fingerprint density at radius 1 is 1.08 bits per heavy atom. The molecule has 0 aliphatic heterocycles. The van der Waals surface area contributed by atoms with Crippen LogP contribution in [-0.4, -0.2) is 15.5 Å². The van der Waals surface area contributed by atoms with Gasteiger partial charge in [0, 0.05) is 17.1 Å². The average molecular weight is 347 g/mol. The van der Waals surface area contributed by atoms with Crippen LogP contribution in [0.2, 0.25) is 0 Å². The van der Waals surface area contributed by atoms with E-state index < -0.39 is 0 Å². The summed E-state index contributed by atoms with van der Waals surface area (Å²) >= 11 is 0. The topological polar surface area (TPSA) is 46.9 Å². The third-order valence-electron chi connectivity index (χ3n) is 4.77. The lowest BCUT2D eigenvalue weighted by atomic mass is 10.1. The molecule has 2 aromatic heterocycles. The summed E-state index contributed by atoms with van der Waals surface area (Å²) in [7, 11) is 0. The molecule has 3 rings (SSSR count). The fourth-order valence-corrected chi connectivity index (χ4v) is 3.45. The predicted octanol–water partition coefficient (Wildman–Crippen LogP) is 4.35. The zero-order valence-electron chi connectivity index (χ0n) is 15.8. The number of hydrogen-bond acceptors (Lipinski definition) is 2. The van der Waals surface area contributed by atoms with Crippen molar-refractivity contribution in [2.24, 2.45) is 0 Å². The minimum absolute atomic E-state index is 0.0621. The molecule has 0 fully saturated rings. The number of carbonyl (C=O) groups excluding carboxylic acids is 1. The molecule has 4 heteroatoms. The Labute approximate surface area is 154 Å². The highest BCUT2D eigenvalue weighted by atomic mass is 16.1. The van der Waals surface area contributed by atoms with Crippen LogP contribution in [0.5, 0.6) is 0 Å². The summed E-state index contributed by atoms with van der Waals surface area (Å²) < 4.78 is 2.22. The Kier molecular flexibility index (Phi) is 5.21. The van der Waals surface area contributed by atoms with Crippen LogP contribution >= 0.6 is 0 Å². The lowest BCUT2D eigenvalue weighted by Crippen LogP contribution is -2.24. The Morgan fingerprint density at radius 3 is 2.50 bits per heavy atom. The van der Waals surface area contributed by atoms with Gasteiger partial charge in [-0.25, -0.2) is 0 Å². The summed E-state index contributed by atoms with van der Waals surface area (Å²) in [5.74, 6) is -0.0621. The van der Waals surface area contributed by atoms with E-state index in [1.54, 1.807) is 0 Å². The number of rotatable bonds is 5. The molecule has 1 N–H and O–H groups in total. The summed E-state index contributed by atoms with van der Waals surface area (Å²) in [6.45, 7) is 8.59. The van der Waals surface area contributed by atoms with E-state index in [9.17, 15) is 4.79 Å². The number of nitrogens with one attached hydrogen (secondary N) is 1. The second kappa shape index (κ2) is 7.56. The summed E-state index contributed by atoms with van der Waals surface area (Å²) in [5, 5.41) is 2.99. The Hall–Kier alpha value is -2.88. The molecule has 1 aromatic carbocycles. The first-order valence-electron chi connectivity index (χ1n) is 8.91. The van der Waals surface area contributed by atoms with E-state index in [-0.39, 0.29) is 11.9 Å². The van der Waals surface area contributed by atoms with Crippen LogP contribution in [0.25, 0.3) is 0 Å². The van der Waals surface area contributed by atoms with Gasteiger partial charge in [0.15, 0.2) is 0 Å². The number of carbonyl (C=O) groups is 1. The molecular weight excluding hydrogens is 322 g/mol. The molecule has 0 saturated carbocycles. The molecule has 3 aromatic rings. The maximum atomic E-state index is 12.7. The Bertz CT molecular complexity index is 912. The maximum Gasteiger partial charge on any atom is 0.253 e. The van der Waals surface area contributed by atoms with Gasteiger partial charge in [0.1, 0.15) is 0 Å². The van der Waals surface area contributed by atoms with Crippen LogP contribution < -0.4 is 5.32 Å². The normalized spacial score (nSPS) is 12.0. The lowest BCUT2D eigenvalue weighted by Gasteiger charge is -2.19. The lowest BCUT2D eigenvalue weighted by molar-refractivity contribution is 0.0949. The van der Waals surface area contributed by atoms with Crippen molar-refractivity contribution in [2.75, 3.05) is 0 Å². The molecule has 1 atom stereocenters. The number of hydrogen-bond donors (Lipinski definition) is 1. The molecule has 26 heavy (non-hydrogen) atoms. The quantitative estimate of drug-likeness (QED) is 0.746. The molecule has 1 amide bonds. The van der Waals surface area contributed by atoms with Crippen LogP contribution in [0.1, 0.15) is 51.7 Å². The molecule has 0 aliphatic rings. The van der Waals surface area contributed by atoms with Gasteiger partial charge in [0.25, 0.3) is 5.91 Å². The number of amides is 1. The standard InChI is InChI=1S/C22H25N3O/c1-15-9-8-12-20(24-15)14-23-22(26)21-13-16(2)25(18(21)4)17(3)19-10-6-5-7-11-19/h5-13,17H,14H2,1-4H3,(H,23,26). The molecule has 0 saturated heterocycles. The highest BCUT2D eigenvalue weighted by molar-refractivity contribution is 5.95. The van der Waals surface area contributed by atoms with Crippen LogP contribution in [0.4, 0.5) is 0 Å². The summed E-state index contributed by atoms with van der Waals surface area (Å²) in [6, 6.07) is 18.3. The van der Waals surface area contributed by atoms with Gasteiger partial charge in [-0.05, 0) is 51.5 Å². The van der Waals surface area contributed by atoms with Gasteiger partial charge in [-0.1, -0.05) is 36.4 Å². The largest absolute Gasteiger partial charge is 0.346 e. The first-order valence-corrected chi connectivity index (χ1v) is 8.91. The van der Waals surface area contributed by atoms with Crippen molar-refractivity contribution in [1.29, 1.82) is 0 Å². The number of aromatic nitrogens is 2. The van der Waals surface area contributed by atoms with Crippen molar-refractivity contribution in [3.8, 4) is 0 Å². The van der Waals surface area contributed by atoms with Crippen LogP contribution in [-0.2, 0) is 6.54 Å². The van der Waals surface area contributed by atoms with E-state index in [0.717, 1.165) is 28.3 Å². The minimum atomic E-state index is -0.0621. The molecule has 2 heterocycles. The third kappa shape index (κ3) is 3.69. The van der Waals surface area contributed by atoms with Crippen molar-refractivity contribution in [1.82, 2.24) is 14.9 Å². The highest BCUT2D eigenvalue weighted by Gasteiger charge is 2.19. The molecule has 0 spiro atoms. The fraction of sp³-hybridized carbons (Fsp3) is 0.273. The smallest absolute Gasteiger partial charge is 0.253 e. The van der Waals surface area contributed by atoms with E-state index in [0.29, 0.717) is 6.54 Å². The molecule has 134 valence electrons. The van der Waals surface area contributed by atoms with Crippen molar-refractivity contribution < 1.29 is 4.79 Å². The predicted molar refractivity (Wildman–Crippen MR) is 104 cm³/mol. The number of benzene rings is 1. The van der Waals surface area contributed by atoms with Gasteiger partial charge in [-0.15, -0.1) is 0 Å². The van der Waals surface area contributed by atoms with Crippen LogP contribution in [0.15, 0.2) is 54.6 Å².